The van der Waals surface area contributed by atoms with E-state index in [-0.39, 0.29) is 35.6 Å². The first kappa shape index (κ1) is 17.7. The predicted molar refractivity (Wildman–Crippen MR) is 80.3 cm³/mol. The van der Waals surface area contributed by atoms with Gasteiger partial charge in [-0.25, -0.2) is 4.99 Å². The van der Waals surface area contributed by atoms with Crippen molar-refractivity contribution in [2.24, 2.45) is 22.4 Å². The minimum atomic E-state index is -4.29. The fourth-order valence-corrected chi connectivity index (χ4v) is 3.42. The van der Waals surface area contributed by atoms with Gasteiger partial charge in [0.15, 0.2) is 5.96 Å². The Balaban J connectivity index is 3.06. The molecule has 7 N–H and O–H groups in total. The van der Waals surface area contributed by atoms with Crippen molar-refractivity contribution >= 4 is 19.5 Å². The van der Waals surface area contributed by atoms with Crippen LogP contribution in [0.4, 0.5) is 0 Å². The number of allylic oxidation sites excluding steroid dienone is 1. The quantitative estimate of drug-likeness (QED) is 0.274. The van der Waals surface area contributed by atoms with E-state index in [2.05, 4.69) is 10.3 Å². The Morgan fingerprint density at radius 3 is 2.62 bits per heavy atom. The minimum absolute atomic E-state index is 0.0476. The molecule has 3 atom stereocenters. The molecule has 0 aromatic heterocycles. The molecule has 0 fully saturated rings. The van der Waals surface area contributed by atoms with Gasteiger partial charge in [0, 0.05) is 30.6 Å². The number of aliphatic imine (C=N–C) groups is 1. The van der Waals surface area contributed by atoms with Crippen molar-refractivity contribution < 1.29 is 19.1 Å². The van der Waals surface area contributed by atoms with Gasteiger partial charge in [0.05, 0.1) is 6.04 Å². The van der Waals surface area contributed by atoms with Crippen LogP contribution in [0.2, 0.25) is 0 Å². The van der Waals surface area contributed by atoms with E-state index in [4.69, 9.17) is 11.5 Å². The SMILES string of the molecule is CC[C@H](NC(C)=O)[C@H]1CC=C(P(=O)(O)O)C[C@@H]1N=C(N)N. The summed E-state index contributed by atoms with van der Waals surface area (Å²) in [7, 11) is -4.29. The smallest absolute Gasteiger partial charge is 0.351 e. The normalized spacial score (nSPS) is 23.9. The van der Waals surface area contributed by atoms with E-state index in [0.29, 0.717) is 12.8 Å². The van der Waals surface area contributed by atoms with Crippen molar-refractivity contribution in [2.75, 3.05) is 0 Å². The van der Waals surface area contributed by atoms with Gasteiger partial charge in [0.1, 0.15) is 0 Å². The van der Waals surface area contributed by atoms with Gasteiger partial charge in [0.2, 0.25) is 5.91 Å². The molecule has 1 aliphatic carbocycles. The van der Waals surface area contributed by atoms with E-state index in [1.54, 1.807) is 0 Å². The number of amides is 1. The predicted octanol–water partition coefficient (Wildman–Crippen LogP) is 0.0147. The highest BCUT2D eigenvalue weighted by molar-refractivity contribution is 7.56. The molecule has 120 valence electrons. The molecule has 8 nitrogen and oxygen atoms in total. The average Bonchev–Trinajstić information content (AvgIpc) is 2.34. The average molecular weight is 318 g/mol. The molecule has 0 aromatic carbocycles. The number of guanidine groups is 1. The lowest BCUT2D eigenvalue weighted by atomic mass is 9.82. The number of hydrogen-bond donors (Lipinski definition) is 5. The van der Waals surface area contributed by atoms with Crippen LogP contribution < -0.4 is 16.8 Å². The van der Waals surface area contributed by atoms with E-state index < -0.39 is 13.6 Å². The maximum atomic E-state index is 11.4. The van der Waals surface area contributed by atoms with Crippen LogP contribution >= 0.6 is 7.60 Å². The summed E-state index contributed by atoms with van der Waals surface area (Å²) in [5.74, 6) is -0.388. The van der Waals surface area contributed by atoms with Crippen LogP contribution in [0, 0.1) is 5.92 Å². The second-order valence-corrected chi connectivity index (χ2v) is 6.84. The number of carbonyl (C=O) groups excluding carboxylic acids is 1. The Hall–Kier alpha value is -1.37. The third-order valence-corrected chi connectivity index (χ3v) is 4.69. The number of nitrogens with two attached hydrogens (primary N) is 2. The second-order valence-electron chi connectivity index (χ2n) is 5.18. The van der Waals surface area contributed by atoms with Crippen LogP contribution in [0.15, 0.2) is 16.4 Å². The molecular formula is C12H23N4O4P. The first-order valence-corrected chi connectivity index (χ1v) is 8.37. The lowest BCUT2D eigenvalue weighted by molar-refractivity contribution is -0.120. The van der Waals surface area contributed by atoms with Gasteiger partial charge in [-0.2, -0.15) is 0 Å². The van der Waals surface area contributed by atoms with Crippen LogP contribution in [0.25, 0.3) is 0 Å². The van der Waals surface area contributed by atoms with Gasteiger partial charge in [0.25, 0.3) is 0 Å². The summed E-state index contributed by atoms with van der Waals surface area (Å²) in [6, 6.07) is -0.607. The zero-order valence-electron chi connectivity index (χ0n) is 12.2. The van der Waals surface area contributed by atoms with E-state index in [1.165, 1.54) is 13.0 Å². The molecule has 21 heavy (non-hydrogen) atoms. The van der Waals surface area contributed by atoms with E-state index in [1.807, 2.05) is 6.92 Å². The van der Waals surface area contributed by atoms with Gasteiger partial charge >= 0.3 is 7.60 Å². The first-order chi connectivity index (χ1) is 9.65. The molecule has 0 saturated heterocycles. The number of nitrogens with one attached hydrogen (secondary N) is 1. The van der Waals surface area contributed by atoms with Gasteiger partial charge in [-0.3, -0.25) is 9.36 Å². The topological polar surface area (TPSA) is 151 Å². The van der Waals surface area contributed by atoms with Gasteiger partial charge in [-0.05, 0) is 12.8 Å². The number of nitrogens with zero attached hydrogens (tertiary/aromatic N) is 1. The van der Waals surface area contributed by atoms with Crippen LogP contribution in [0.3, 0.4) is 0 Å². The Labute approximate surface area is 123 Å². The molecule has 1 amide bonds. The molecule has 0 aromatic rings. The summed E-state index contributed by atoms with van der Waals surface area (Å²) in [5.41, 5.74) is 10.8. The maximum absolute atomic E-state index is 11.4. The largest absolute Gasteiger partial charge is 0.370 e. The lowest BCUT2D eigenvalue weighted by Gasteiger charge is -2.34. The van der Waals surface area contributed by atoms with E-state index in [9.17, 15) is 19.1 Å². The van der Waals surface area contributed by atoms with Crippen LogP contribution in [0.5, 0.6) is 0 Å². The van der Waals surface area contributed by atoms with Crippen molar-refractivity contribution in [3.05, 3.63) is 11.4 Å². The van der Waals surface area contributed by atoms with Crippen LogP contribution in [0.1, 0.15) is 33.1 Å². The van der Waals surface area contributed by atoms with Gasteiger partial charge < -0.3 is 26.6 Å². The summed E-state index contributed by atoms with van der Waals surface area (Å²) in [4.78, 5) is 33.9. The summed E-state index contributed by atoms with van der Waals surface area (Å²) >= 11 is 0. The number of rotatable bonds is 5. The molecule has 0 saturated carbocycles. The Bertz CT molecular complexity index is 495. The summed E-state index contributed by atoms with van der Waals surface area (Å²) in [5, 5.41) is 2.89. The minimum Gasteiger partial charge on any atom is -0.370 e. The summed E-state index contributed by atoms with van der Waals surface area (Å²) in [6.45, 7) is 3.35. The highest BCUT2D eigenvalue weighted by atomic mass is 31.2. The van der Waals surface area contributed by atoms with Crippen molar-refractivity contribution in [3.63, 3.8) is 0 Å². The molecule has 0 bridgehead atoms. The highest BCUT2D eigenvalue weighted by Crippen LogP contribution is 2.50. The van der Waals surface area contributed by atoms with E-state index >= 15 is 0 Å². The molecular weight excluding hydrogens is 295 g/mol. The zero-order valence-corrected chi connectivity index (χ0v) is 13.1. The maximum Gasteiger partial charge on any atom is 0.351 e. The Kier molecular flexibility index (Phi) is 5.95. The van der Waals surface area contributed by atoms with Crippen LogP contribution in [-0.2, 0) is 9.36 Å². The fourth-order valence-electron chi connectivity index (χ4n) is 2.65. The summed E-state index contributed by atoms with van der Waals surface area (Å²) < 4.78 is 11.4. The molecule has 0 heterocycles. The standard InChI is InChI=1S/C12H23N4O4P/c1-3-10(15-7(2)17)9-5-4-8(21(18,19)20)6-11(9)16-12(13)14/h4,9-11H,3,5-6H2,1-2H3,(H,15,17)(H4,13,14,16)(H2,18,19,20)/t9-,10+,11+/m1/s1. The zero-order chi connectivity index (χ0) is 16.2. The molecule has 1 rings (SSSR count). The molecule has 0 aliphatic heterocycles. The van der Waals surface area contributed by atoms with Crippen molar-refractivity contribution in [1.82, 2.24) is 5.32 Å². The van der Waals surface area contributed by atoms with Crippen LogP contribution in [-0.4, -0.2) is 33.7 Å². The van der Waals surface area contributed by atoms with E-state index in [0.717, 1.165) is 0 Å². The Morgan fingerprint density at radius 2 is 2.19 bits per heavy atom. The molecule has 1 aliphatic rings. The highest BCUT2D eigenvalue weighted by Gasteiger charge is 2.36. The number of carbonyl (C=O) groups is 1. The molecule has 0 unspecified atom stereocenters. The van der Waals surface area contributed by atoms with Crippen molar-refractivity contribution in [3.8, 4) is 0 Å². The molecule has 9 heteroatoms. The van der Waals surface area contributed by atoms with Crippen molar-refractivity contribution in [1.29, 1.82) is 0 Å². The second kappa shape index (κ2) is 7.06. The summed E-state index contributed by atoms with van der Waals surface area (Å²) in [6.07, 6.45) is 2.71. The first-order valence-electron chi connectivity index (χ1n) is 6.76. The fraction of sp³-hybridized carbons (Fsp3) is 0.667. The molecule has 0 spiro atoms. The van der Waals surface area contributed by atoms with Gasteiger partial charge in [-0.15, -0.1) is 0 Å². The Morgan fingerprint density at radius 1 is 1.57 bits per heavy atom. The lowest BCUT2D eigenvalue weighted by Crippen LogP contribution is -2.45. The van der Waals surface area contributed by atoms with Gasteiger partial charge in [-0.1, -0.05) is 13.0 Å². The monoisotopic (exact) mass is 318 g/mol. The van der Waals surface area contributed by atoms with Crippen molar-refractivity contribution in [2.45, 2.75) is 45.2 Å². The number of hydrogen-bond acceptors (Lipinski definition) is 3. The molecule has 0 radical (unpaired) electrons. The third-order valence-electron chi connectivity index (χ3n) is 3.57. The third kappa shape index (κ3) is 5.15.